The van der Waals surface area contributed by atoms with Crippen LogP contribution in [-0.4, -0.2) is 41.7 Å². The first-order chi connectivity index (χ1) is 14.3. The van der Waals surface area contributed by atoms with Crippen molar-refractivity contribution in [2.24, 2.45) is 0 Å². The molecular weight excluding hydrogens is 404 g/mol. The van der Waals surface area contributed by atoms with Crippen LogP contribution in [0, 0.1) is 0 Å². The lowest BCUT2D eigenvalue weighted by Crippen LogP contribution is -2.36. The minimum atomic E-state index is 0.00628. The maximum absolute atomic E-state index is 13.0. The molecule has 3 heterocycles. The van der Waals surface area contributed by atoms with Gasteiger partial charge in [0.25, 0.3) is 5.91 Å². The molecule has 29 heavy (non-hydrogen) atoms. The molecule has 1 amide bonds. The number of aromatic nitrogens is 1. The Morgan fingerprint density at radius 3 is 3.03 bits per heavy atom. The number of rotatable bonds is 9. The van der Waals surface area contributed by atoms with Crippen molar-refractivity contribution < 1.29 is 14.3 Å². The molecule has 0 radical (unpaired) electrons. The van der Waals surface area contributed by atoms with E-state index >= 15 is 0 Å². The molecule has 0 aliphatic carbocycles. The third-order valence-corrected chi connectivity index (χ3v) is 6.38. The fourth-order valence-corrected chi connectivity index (χ4v) is 4.70. The van der Waals surface area contributed by atoms with E-state index in [9.17, 15) is 4.79 Å². The lowest BCUT2D eigenvalue weighted by atomic mass is 10.1. The molecule has 4 rings (SSSR count). The van der Waals surface area contributed by atoms with Gasteiger partial charge in [0.05, 0.1) is 24.4 Å². The quantitative estimate of drug-likeness (QED) is 0.498. The van der Waals surface area contributed by atoms with Crippen molar-refractivity contribution in [2.75, 3.05) is 19.8 Å². The van der Waals surface area contributed by atoms with Gasteiger partial charge in [-0.2, -0.15) is 11.3 Å². The molecule has 0 N–H and O–H groups in total. The number of hydrogen-bond acceptors (Lipinski definition) is 6. The highest BCUT2D eigenvalue weighted by Crippen LogP contribution is 2.21. The SMILES string of the molecule is O=C(c1cncs1)N(Cc1cccc(OCCc2ccsc2)c1)C[C@H]1CCCO1. The van der Waals surface area contributed by atoms with Crippen LogP contribution < -0.4 is 4.74 Å². The van der Waals surface area contributed by atoms with Gasteiger partial charge in [-0.25, -0.2) is 0 Å². The van der Waals surface area contributed by atoms with Crippen LogP contribution in [-0.2, 0) is 17.7 Å². The van der Waals surface area contributed by atoms with Crippen LogP contribution in [0.4, 0.5) is 0 Å². The first kappa shape index (κ1) is 20.1. The van der Waals surface area contributed by atoms with E-state index in [1.165, 1.54) is 16.9 Å². The molecule has 1 aliphatic heterocycles. The Morgan fingerprint density at radius 2 is 2.28 bits per heavy atom. The summed E-state index contributed by atoms with van der Waals surface area (Å²) in [6.45, 7) is 2.54. The van der Waals surface area contributed by atoms with Crippen LogP contribution in [0.2, 0.25) is 0 Å². The van der Waals surface area contributed by atoms with Crippen molar-refractivity contribution in [2.45, 2.75) is 31.9 Å². The zero-order valence-corrected chi connectivity index (χ0v) is 17.8. The summed E-state index contributed by atoms with van der Waals surface area (Å²) in [5, 5.41) is 4.23. The Morgan fingerprint density at radius 1 is 1.31 bits per heavy atom. The molecule has 0 saturated carbocycles. The number of thiazole rings is 1. The van der Waals surface area contributed by atoms with Gasteiger partial charge in [-0.3, -0.25) is 9.78 Å². The Hall–Kier alpha value is -2.22. The van der Waals surface area contributed by atoms with Crippen molar-refractivity contribution in [3.05, 3.63) is 68.8 Å². The third kappa shape index (κ3) is 5.65. The fourth-order valence-electron chi connectivity index (χ4n) is 3.41. The van der Waals surface area contributed by atoms with E-state index in [2.05, 4.69) is 21.8 Å². The highest BCUT2D eigenvalue weighted by atomic mass is 32.1. The van der Waals surface area contributed by atoms with Gasteiger partial charge in [0, 0.05) is 26.1 Å². The van der Waals surface area contributed by atoms with Gasteiger partial charge in [-0.15, -0.1) is 11.3 Å². The first-order valence-electron chi connectivity index (χ1n) is 9.80. The Labute approximate surface area is 178 Å². The lowest BCUT2D eigenvalue weighted by Gasteiger charge is -2.25. The number of amides is 1. The van der Waals surface area contributed by atoms with Crippen LogP contribution in [0.5, 0.6) is 5.75 Å². The second-order valence-corrected chi connectivity index (χ2v) is 8.73. The topological polar surface area (TPSA) is 51.7 Å². The van der Waals surface area contributed by atoms with Gasteiger partial charge < -0.3 is 14.4 Å². The third-order valence-electron chi connectivity index (χ3n) is 4.89. The van der Waals surface area contributed by atoms with E-state index in [1.807, 2.05) is 29.2 Å². The maximum atomic E-state index is 13.0. The van der Waals surface area contributed by atoms with Crippen LogP contribution >= 0.6 is 22.7 Å². The van der Waals surface area contributed by atoms with E-state index < -0.39 is 0 Å². The van der Waals surface area contributed by atoms with Gasteiger partial charge >= 0.3 is 0 Å². The minimum Gasteiger partial charge on any atom is -0.493 e. The summed E-state index contributed by atoms with van der Waals surface area (Å²) in [6.07, 6.45) is 4.69. The highest BCUT2D eigenvalue weighted by Gasteiger charge is 2.24. The molecule has 1 saturated heterocycles. The summed E-state index contributed by atoms with van der Waals surface area (Å²) < 4.78 is 11.7. The maximum Gasteiger partial charge on any atom is 0.265 e. The van der Waals surface area contributed by atoms with Crippen molar-refractivity contribution in [3.8, 4) is 5.75 Å². The van der Waals surface area contributed by atoms with Crippen molar-refractivity contribution in [1.29, 1.82) is 0 Å². The standard InChI is InChI=1S/C22H24N2O3S2/c25-22(21-12-23-16-29-21)24(14-20-5-2-8-26-20)13-18-3-1-4-19(11-18)27-9-6-17-7-10-28-15-17/h1,3-4,7,10-12,15-16,20H,2,5-6,8-9,13-14H2/t20-/m1/s1. The molecular formula is C22H24N2O3S2. The Bertz CT molecular complexity index is 891. The molecule has 3 aromatic rings. The second-order valence-electron chi connectivity index (χ2n) is 7.06. The van der Waals surface area contributed by atoms with Crippen molar-refractivity contribution in [1.82, 2.24) is 9.88 Å². The molecule has 1 fully saturated rings. The van der Waals surface area contributed by atoms with Crippen molar-refractivity contribution >= 4 is 28.6 Å². The summed E-state index contributed by atoms with van der Waals surface area (Å²) in [7, 11) is 0. The number of nitrogens with zero attached hydrogens (tertiary/aromatic N) is 2. The van der Waals surface area contributed by atoms with E-state index in [-0.39, 0.29) is 12.0 Å². The second kappa shape index (κ2) is 10.0. The average Bonchev–Trinajstić information content (AvgIpc) is 3.50. The van der Waals surface area contributed by atoms with Crippen LogP contribution in [0.25, 0.3) is 0 Å². The monoisotopic (exact) mass is 428 g/mol. The number of carbonyl (C=O) groups excluding carboxylic acids is 1. The number of hydrogen-bond donors (Lipinski definition) is 0. The van der Waals surface area contributed by atoms with Crippen molar-refractivity contribution in [3.63, 3.8) is 0 Å². The van der Waals surface area contributed by atoms with E-state index in [4.69, 9.17) is 9.47 Å². The zero-order chi connectivity index (χ0) is 19.9. The molecule has 5 nitrogen and oxygen atoms in total. The number of ether oxygens (including phenoxy) is 2. The first-order valence-corrected chi connectivity index (χ1v) is 11.6. The highest BCUT2D eigenvalue weighted by molar-refractivity contribution is 7.11. The smallest absolute Gasteiger partial charge is 0.265 e. The van der Waals surface area contributed by atoms with Gasteiger partial charge in [0.2, 0.25) is 0 Å². The van der Waals surface area contributed by atoms with Crippen LogP contribution in [0.1, 0.15) is 33.6 Å². The summed E-state index contributed by atoms with van der Waals surface area (Å²) in [4.78, 5) is 19.6. The fraction of sp³-hybridized carbons (Fsp3) is 0.364. The number of carbonyl (C=O) groups is 1. The minimum absolute atomic E-state index is 0.00628. The molecule has 2 aromatic heterocycles. The van der Waals surface area contributed by atoms with Gasteiger partial charge in [-0.05, 0) is 52.9 Å². The summed E-state index contributed by atoms with van der Waals surface area (Å²) in [5.74, 6) is 0.840. The molecule has 0 spiro atoms. The normalized spacial score (nSPS) is 16.1. The average molecular weight is 429 g/mol. The summed E-state index contributed by atoms with van der Waals surface area (Å²) in [6, 6.07) is 10.1. The molecule has 1 aliphatic rings. The van der Waals surface area contributed by atoms with Crippen LogP contribution in [0.15, 0.2) is 52.8 Å². The van der Waals surface area contributed by atoms with E-state index in [0.29, 0.717) is 24.6 Å². The van der Waals surface area contributed by atoms with Crippen LogP contribution in [0.3, 0.4) is 0 Å². The molecule has 0 unspecified atom stereocenters. The van der Waals surface area contributed by atoms with Gasteiger partial charge in [0.1, 0.15) is 10.6 Å². The number of benzene rings is 1. The van der Waals surface area contributed by atoms with Gasteiger partial charge in [0.15, 0.2) is 0 Å². The predicted octanol–water partition coefficient (Wildman–Crippen LogP) is 4.65. The molecule has 0 bridgehead atoms. The summed E-state index contributed by atoms with van der Waals surface area (Å²) in [5.41, 5.74) is 4.04. The van der Waals surface area contributed by atoms with Gasteiger partial charge in [-0.1, -0.05) is 12.1 Å². The molecule has 7 heteroatoms. The van der Waals surface area contributed by atoms with E-state index in [0.717, 1.165) is 37.2 Å². The Kier molecular flexibility index (Phi) is 6.92. The van der Waals surface area contributed by atoms with E-state index in [1.54, 1.807) is 23.0 Å². The molecule has 1 aromatic carbocycles. The predicted molar refractivity (Wildman–Crippen MR) is 116 cm³/mol. The molecule has 152 valence electrons. The molecule has 1 atom stereocenters. The zero-order valence-electron chi connectivity index (χ0n) is 16.2. The lowest BCUT2D eigenvalue weighted by molar-refractivity contribution is 0.0510. The number of thiophene rings is 1. The summed E-state index contributed by atoms with van der Waals surface area (Å²) >= 11 is 3.08. The largest absolute Gasteiger partial charge is 0.493 e. The Balaban J connectivity index is 1.41.